The molecule has 1 aromatic heterocycles. The number of carbonyl (C=O) groups excluding carboxylic acids is 1. The number of benzene rings is 1. The lowest BCUT2D eigenvalue weighted by Gasteiger charge is -2.18. The van der Waals surface area contributed by atoms with E-state index in [9.17, 15) is 4.79 Å². The number of guanidine groups is 1. The van der Waals surface area contributed by atoms with E-state index in [1.165, 1.54) is 5.56 Å². The number of aromatic nitrogens is 1. The van der Waals surface area contributed by atoms with Crippen molar-refractivity contribution in [2.24, 2.45) is 10.9 Å². The molecule has 32 heavy (non-hydrogen) atoms. The lowest BCUT2D eigenvalue weighted by molar-refractivity contribution is -0.127. The van der Waals surface area contributed by atoms with E-state index in [0.717, 1.165) is 54.6 Å². The third-order valence-electron chi connectivity index (χ3n) is 5.85. The Kier molecular flexibility index (Phi) is 8.48. The quantitative estimate of drug-likeness (QED) is 0.466. The summed E-state index contributed by atoms with van der Waals surface area (Å²) in [6.45, 7) is 9.54. The van der Waals surface area contributed by atoms with Crippen molar-refractivity contribution in [1.82, 2.24) is 20.5 Å². The van der Waals surface area contributed by atoms with Crippen LogP contribution in [0.3, 0.4) is 0 Å². The molecule has 0 saturated carbocycles. The van der Waals surface area contributed by atoms with Gasteiger partial charge in [-0.15, -0.1) is 0 Å². The topological polar surface area (TPSA) is 78.9 Å². The Bertz CT molecular complexity index is 929. The zero-order chi connectivity index (χ0) is 22.9. The highest BCUT2D eigenvalue weighted by Gasteiger charge is 2.29. The Hall–Kier alpha value is -3.09. The highest BCUT2D eigenvalue weighted by atomic mass is 16.5. The first-order chi connectivity index (χ1) is 15.5. The number of methoxy groups -OCH3 is 1. The summed E-state index contributed by atoms with van der Waals surface area (Å²) in [5, 5.41) is 6.69. The van der Waals surface area contributed by atoms with Gasteiger partial charge in [-0.25, -0.2) is 4.99 Å². The zero-order valence-electron chi connectivity index (χ0n) is 19.6. The van der Waals surface area contributed by atoms with Crippen LogP contribution in [0.2, 0.25) is 0 Å². The zero-order valence-corrected chi connectivity index (χ0v) is 19.6. The molecule has 7 nitrogen and oxygen atoms in total. The van der Waals surface area contributed by atoms with Gasteiger partial charge in [0, 0.05) is 55.8 Å². The third kappa shape index (κ3) is 6.22. The van der Waals surface area contributed by atoms with E-state index < -0.39 is 0 Å². The highest BCUT2D eigenvalue weighted by Crippen LogP contribution is 2.24. The van der Waals surface area contributed by atoms with Crippen LogP contribution in [0, 0.1) is 19.8 Å². The summed E-state index contributed by atoms with van der Waals surface area (Å²) < 4.78 is 5.50. The number of rotatable bonds is 9. The van der Waals surface area contributed by atoms with Crippen LogP contribution in [0.4, 0.5) is 0 Å². The van der Waals surface area contributed by atoms with E-state index >= 15 is 0 Å². The molecule has 1 fully saturated rings. The third-order valence-corrected chi connectivity index (χ3v) is 5.85. The number of ether oxygens (including phenoxy) is 1. The molecule has 1 amide bonds. The number of carbonyl (C=O) groups is 1. The Morgan fingerprint density at radius 3 is 2.75 bits per heavy atom. The number of nitrogens with zero attached hydrogens (tertiary/aromatic N) is 3. The lowest BCUT2D eigenvalue weighted by Crippen LogP contribution is -2.40. The summed E-state index contributed by atoms with van der Waals surface area (Å²) in [5.41, 5.74) is 4.20. The average molecular weight is 438 g/mol. The number of aryl methyl sites for hydroxylation is 1. The minimum atomic E-state index is 0.237. The SMILES string of the molecule is CCNC(=NCc1ncc(C)c(OC)c1C)NCC1CC(=O)N(CCc2ccccc2)C1. The van der Waals surface area contributed by atoms with Crippen molar-refractivity contribution < 1.29 is 9.53 Å². The van der Waals surface area contributed by atoms with E-state index in [1.807, 2.05) is 50.1 Å². The lowest BCUT2D eigenvalue weighted by atomic mass is 10.1. The van der Waals surface area contributed by atoms with Gasteiger partial charge >= 0.3 is 0 Å². The van der Waals surface area contributed by atoms with Gasteiger partial charge in [0.15, 0.2) is 5.96 Å². The van der Waals surface area contributed by atoms with Crippen LogP contribution in [0.25, 0.3) is 0 Å². The summed E-state index contributed by atoms with van der Waals surface area (Å²) in [4.78, 5) is 23.7. The number of amides is 1. The molecular formula is C25H35N5O2. The number of pyridine rings is 1. The van der Waals surface area contributed by atoms with Crippen molar-refractivity contribution >= 4 is 11.9 Å². The van der Waals surface area contributed by atoms with Crippen molar-refractivity contribution in [2.45, 2.75) is 40.2 Å². The second kappa shape index (κ2) is 11.5. The fraction of sp³-hybridized carbons (Fsp3) is 0.480. The molecule has 1 aliphatic rings. The average Bonchev–Trinajstić information content (AvgIpc) is 3.15. The van der Waals surface area contributed by atoms with Crippen LogP contribution >= 0.6 is 0 Å². The molecule has 2 N–H and O–H groups in total. The van der Waals surface area contributed by atoms with Gasteiger partial charge in [0.1, 0.15) is 5.75 Å². The van der Waals surface area contributed by atoms with Crippen LogP contribution in [-0.2, 0) is 17.8 Å². The molecule has 3 rings (SSSR count). The minimum absolute atomic E-state index is 0.237. The molecule has 0 radical (unpaired) electrons. The van der Waals surface area contributed by atoms with Gasteiger partial charge in [-0.2, -0.15) is 0 Å². The second-order valence-corrected chi connectivity index (χ2v) is 8.27. The minimum Gasteiger partial charge on any atom is -0.496 e. The molecule has 0 aliphatic carbocycles. The fourth-order valence-corrected chi connectivity index (χ4v) is 4.08. The summed E-state index contributed by atoms with van der Waals surface area (Å²) in [6.07, 6.45) is 3.30. The smallest absolute Gasteiger partial charge is 0.223 e. The van der Waals surface area contributed by atoms with Gasteiger partial charge in [-0.3, -0.25) is 9.78 Å². The molecule has 172 valence electrons. The Labute approximate surface area is 191 Å². The first kappa shape index (κ1) is 23.6. The molecule has 1 saturated heterocycles. The van der Waals surface area contributed by atoms with E-state index in [-0.39, 0.29) is 11.8 Å². The Morgan fingerprint density at radius 1 is 1.25 bits per heavy atom. The fourth-order valence-electron chi connectivity index (χ4n) is 4.08. The molecule has 2 heterocycles. The van der Waals surface area contributed by atoms with Gasteiger partial charge < -0.3 is 20.3 Å². The van der Waals surface area contributed by atoms with Crippen molar-refractivity contribution in [2.75, 3.05) is 33.3 Å². The molecule has 7 heteroatoms. The van der Waals surface area contributed by atoms with E-state index in [0.29, 0.717) is 19.5 Å². The largest absolute Gasteiger partial charge is 0.496 e. The van der Waals surface area contributed by atoms with E-state index in [4.69, 9.17) is 9.73 Å². The predicted octanol–water partition coefficient (Wildman–Crippen LogP) is 2.85. The molecule has 2 aromatic rings. The second-order valence-electron chi connectivity index (χ2n) is 8.27. The summed E-state index contributed by atoms with van der Waals surface area (Å²) in [7, 11) is 1.68. The van der Waals surface area contributed by atoms with Gasteiger partial charge in [0.2, 0.25) is 5.91 Å². The van der Waals surface area contributed by atoms with E-state index in [2.05, 4.69) is 27.8 Å². The van der Waals surface area contributed by atoms with Gasteiger partial charge in [-0.05, 0) is 32.8 Å². The summed E-state index contributed by atoms with van der Waals surface area (Å²) in [5.74, 6) is 2.12. The normalized spacial score (nSPS) is 16.4. The van der Waals surface area contributed by atoms with Crippen molar-refractivity contribution in [3.8, 4) is 5.75 Å². The molecule has 1 atom stereocenters. The maximum absolute atomic E-state index is 12.4. The van der Waals surface area contributed by atoms with Gasteiger partial charge in [-0.1, -0.05) is 30.3 Å². The van der Waals surface area contributed by atoms with Crippen molar-refractivity contribution in [3.63, 3.8) is 0 Å². The predicted molar refractivity (Wildman–Crippen MR) is 128 cm³/mol. The molecule has 1 aliphatic heterocycles. The summed E-state index contributed by atoms with van der Waals surface area (Å²) >= 11 is 0. The number of likely N-dealkylation sites (tertiary alicyclic amines) is 1. The molecular weight excluding hydrogens is 402 g/mol. The Morgan fingerprint density at radius 2 is 2.03 bits per heavy atom. The Balaban J connectivity index is 1.53. The number of aliphatic imine (C=N–C) groups is 1. The maximum atomic E-state index is 12.4. The molecule has 0 spiro atoms. The molecule has 1 aromatic carbocycles. The van der Waals surface area contributed by atoms with Crippen molar-refractivity contribution in [1.29, 1.82) is 0 Å². The highest BCUT2D eigenvalue weighted by molar-refractivity contribution is 5.81. The first-order valence-electron chi connectivity index (χ1n) is 11.3. The van der Waals surface area contributed by atoms with Crippen LogP contribution in [0.5, 0.6) is 5.75 Å². The van der Waals surface area contributed by atoms with Crippen molar-refractivity contribution in [3.05, 3.63) is 58.9 Å². The van der Waals surface area contributed by atoms with Crippen LogP contribution < -0.4 is 15.4 Å². The number of hydrogen-bond donors (Lipinski definition) is 2. The summed E-state index contributed by atoms with van der Waals surface area (Å²) in [6, 6.07) is 10.3. The van der Waals surface area contributed by atoms with Crippen LogP contribution in [-0.4, -0.2) is 55.0 Å². The van der Waals surface area contributed by atoms with Crippen LogP contribution in [0.15, 0.2) is 41.5 Å². The number of hydrogen-bond acceptors (Lipinski definition) is 4. The molecule has 1 unspecified atom stereocenters. The van der Waals surface area contributed by atoms with Crippen LogP contribution in [0.1, 0.15) is 35.7 Å². The molecule has 0 bridgehead atoms. The maximum Gasteiger partial charge on any atom is 0.223 e. The number of nitrogens with one attached hydrogen (secondary N) is 2. The van der Waals surface area contributed by atoms with E-state index in [1.54, 1.807) is 7.11 Å². The van der Waals surface area contributed by atoms with Gasteiger partial charge in [0.05, 0.1) is 19.3 Å². The van der Waals surface area contributed by atoms with Gasteiger partial charge in [0.25, 0.3) is 0 Å². The monoisotopic (exact) mass is 437 g/mol. The standard InChI is InChI=1S/C25H35N5O2/c1-5-26-25(29-16-22-19(3)24(32-4)18(2)14-27-22)28-15-21-13-23(31)30(17-21)12-11-20-9-7-6-8-10-20/h6-10,14,21H,5,11-13,15-17H2,1-4H3,(H2,26,28,29). The first-order valence-corrected chi connectivity index (χ1v) is 11.3.